The summed E-state index contributed by atoms with van der Waals surface area (Å²) in [5.74, 6) is 1.71. The lowest BCUT2D eigenvalue weighted by Gasteiger charge is -2.21. The molecule has 1 aliphatic heterocycles. The molecule has 2 heterocycles. The van der Waals surface area contributed by atoms with Gasteiger partial charge >= 0.3 is 0 Å². The first kappa shape index (κ1) is 13.9. The number of ether oxygens (including phenoxy) is 2. The summed E-state index contributed by atoms with van der Waals surface area (Å²) in [4.78, 5) is 4.45. The predicted molar refractivity (Wildman–Crippen MR) is 81.6 cm³/mol. The standard InChI is InChI=1S/C17H20N2O2/c1-2-13-6-4-8-19-15(13)12-18-11-14-5-3-7-16-17(14)21-10-9-20-16/h3-8,18H,2,9-12H2,1H3. The van der Waals surface area contributed by atoms with Crippen molar-refractivity contribution in [3.8, 4) is 11.5 Å². The molecular formula is C17H20N2O2. The molecule has 110 valence electrons. The summed E-state index contributed by atoms with van der Waals surface area (Å²) in [7, 11) is 0. The van der Waals surface area contributed by atoms with E-state index in [9.17, 15) is 0 Å². The molecule has 0 saturated heterocycles. The van der Waals surface area contributed by atoms with Crippen molar-refractivity contribution < 1.29 is 9.47 Å². The average molecular weight is 284 g/mol. The first-order valence-corrected chi connectivity index (χ1v) is 7.39. The molecule has 3 rings (SSSR count). The van der Waals surface area contributed by atoms with Gasteiger partial charge in [-0.15, -0.1) is 0 Å². The third kappa shape index (κ3) is 3.16. The Labute approximate surface area is 125 Å². The highest BCUT2D eigenvalue weighted by Crippen LogP contribution is 2.33. The molecule has 0 aliphatic carbocycles. The zero-order chi connectivity index (χ0) is 14.5. The van der Waals surface area contributed by atoms with Gasteiger partial charge in [-0.2, -0.15) is 0 Å². The lowest BCUT2D eigenvalue weighted by atomic mass is 10.1. The molecule has 0 fully saturated rings. The molecule has 1 aromatic carbocycles. The maximum atomic E-state index is 5.72. The maximum Gasteiger partial charge on any atom is 0.165 e. The lowest BCUT2D eigenvalue weighted by molar-refractivity contribution is 0.169. The Morgan fingerprint density at radius 2 is 1.90 bits per heavy atom. The number of fused-ring (bicyclic) bond motifs is 1. The second-order valence-corrected chi connectivity index (χ2v) is 5.01. The van der Waals surface area contributed by atoms with Crippen molar-refractivity contribution in [3.05, 3.63) is 53.3 Å². The van der Waals surface area contributed by atoms with Gasteiger partial charge in [0, 0.05) is 24.8 Å². The smallest absolute Gasteiger partial charge is 0.165 e. The average Bonchev–Trinajstić information content (AvgIpc) is 2.55. The normalized spacial score (nSPS) is 13.2. The summed E-state index contributed by atoms with van der Waals surface area (Å²) >= 11 is 0. The van der Waals surface area contributed by atoms with E-state index in [1.807, 2.05) is 24.4 Å². The van der Waals surface area contributed by atoms with Gasteiger partial charge in [0.1, 0.15) is 13.2 Å². The summed E-state index contributed by atoms with van der Waals surface area (Å²) in [6.07, 6.45) is 2.85. The van der Waals surface area contributed by atoms with E-state index in [4.69, 9.17) is 9.47 Å². The Morgan fingerprint density at radius 3 is 2.81 bits per heavy atom. The van der Waals surface area contributed by atoms with Crippen molar-refractivity contribution in [1.29, 1.82) is 0 Å². The lowest BCUT2D eigenvalue weighted by Crippen LogP contribution is -2.19. The second kappa shape index (κ2) is 6.59. The van der Waals surface area contributed by atoms with Crippen LogP contribution >= 0.6 is 0 Å². The Kier molecular flexibility index (Phi) is 4.36. The Bertz CT molecular complexity index is 613. The van der Waals surface area contributed by atoms with Crippen LogP contribution in [0.4, 0.5) is 0 Å². The van der Waals surface area contributed by atoms with Gasteiger partial charge in [-0.1, -0.05) is 25.1 Å². The first-order valence-electron chi connectivity index (χ1n) is 7.39. The highest BCUT2D eigenvalue weighted by Gasteiger charge is 2.15. The van der Waals surface area contributed by atoms with E-state index >= 15 is 0 Å². The van der Waals surface area contributed by atoms with Crippen LogP contribution in [0.15, 0.2) is 36.5 Å². The molecule has 0 saturated carbocycles. The molecule has 4 nitrogen and oxygen atoms in total. The summed E-state index contributed by atoms with van der Waals surface area (Å²) in [5, 5.41) is 3.44. The van der Waals surface area contributed by atoms with E-state index in [1.54, 1.807) is 0 Å². The van der Waals surface area contributed by atoms with Gasteiger partial charge in [0.15, 0.2) is 11.5 Å². The number of benzene rings is 1. The van der Waals surface area contributed by atoms with Gasteiger partial charge in [0.2, 0.25) is 0 Å². The van der Waals surface area contributed by atoms with Crippen LogP contribution in [0.5, 0.6) is 11.5 Å². The minimum Gasteiger partial charge on any atom is -0.486 e. The van der Waals surface area contributed by atoms with Crippen molar-refractivity contribution in [2.75, 3.05) is 13.2 Å². The van der Waals surface area contributed by atoms with Crippen molar-refractivity contribution in [3.63, 3.8) is 0 Å². The zero-order valence-electron chi connectivity index (χ0n) is 12.3. The highest BCUT2D eigenvalue weighted by molar-refractivity contribution is 5.47. The number of pyridine rings is 1. The molecule has 1 aromatic heterocycles. The molecule has 0 amide bonds. The molecule has 0 radical (unpaired) electrons. The third-order valence-electron chi connectivity index (χ3n) is 3.62. The van der Waals surface area contributed by atoms with Gasteiger partial charge < -0.3 is 14.8 Å². The van der Waals surface area contributed by atoms with E-state index in [-0.39, 0.29) is 0 Å². The molecule has 0 unspecified atom stereocenters. The molecule has 4 heteroatoms. The number of nitrogens with one attached hydrogen (secondary N) is 1. The topological polar surface area (TPSA) is 43.4 Å². The quantitative estimate of drug-likeness (QED) is 0.917. The van der Waals surface area contributed by atoms with Crippen LogP contribution in [-0.2, 0) is 19.5 Å². The predicted octanol–water partition coefficient (Wildman–Crippen LogP) is 2.71. The Hall–Kier alpha value is -2.07. The van der Waals surface area contributed by atoms with Crippen molar-refractivity contribution in [1.82, 2.24) is 10.3 Å². The fourth-order valence-corrected chi connectivity index (χ4v) is 2.54. The number of nitrogens with zero attached hydrogens (tertiary/aromatic N) is 1. The summed E-state index contributed by atoms with van der Waals surface area (Å²) in [5.41, 5.74) is 3.53. The van der Waals surface area contributed by atoms with Crippen molar-refractivity contribution in [2.24, 2.45) is 0 Å². The summed E-state index contributed by atoms with van der Waals surface area (Å²) in [6, 6.07) is 10.1. The number of hydrogen-bond acceptors (Lipinski definition) is 4. The van der Waals surface area contributed by atoms with Crippen LogP contribution in [0.3, 0.4) is 0 Å². The number of para-hydroxylation sites is 1. The van der Waals surface area contributed by atoms with Crippen LogP contribution in [0.2, 0.25) is 0 Å². The van der Waals surface area contributed by atoms with E-state index in [2.05, 4.69) is 29.4 Å². The number of aromatic nitrogens is 1. The van der Waals surface area contributed by atoms with Crippen LogP contribution in [0, 0.1) is 0 Å². The van der Waals surface area contributed by atoms with E-state index in [0.29, 0.717) is 13.2 Å². The van der Waals surface area contributed by atoms with Gasteiger partial charge in [-0.25, -0.2) is 0 Å². The number of aryl methyl sites for hydroxylation is 1. The molecular weight excluding hydrogens is 264 g/mol. The highest BCUT2D eigenvalue weighted by atomic mass is 16.6. The number of rotatable bonds is 5. The Balaban J connectivity index is 1.66. The van der Waals surface area contributed by atoms with E-state index in [0.717, 1.165) is 42.3 Å². The SMILES string of the molecule is CCc1cccnc1CNCc1cccc2c1OCCO2. The van der Waals surface area contributed by atoms with Gasteiger partial charge in [-0.05, 0) is 24.1 Å². The zero-order valence-corrected chi connectivity index (χ0v) is 12.3. The summed E-state index contributed by atoms with van der Waals surface area (Å²) in [6.45, 7) is 4.89. The molecule has 0 bridgehead atoms. The van der Waals surface area contributed by atoms with E-state index < -0.39 is 0 Å². The fourth-order valence-electron chi connectivity index (χ4n) is 2.54. The summed E-state index contributed by atoms with van der Waals surface area (Å²) < 4.78 is 11.3. The van der Waals surface area contributed by atoms with E-state index in [1.165, 1.54) is 5.56 Å². The van der Waals surface area contributed by atoms with Crippen LogP contribution in [0.25, 0.3) is 0 Å². The second-order valence-electron chi connectivity index (χ2n) is 5.01. The Morgan fingerprint density at radius 1 is 1.05 bits per heavy atom. The van der Waals surface area contributed by atoms with Gasteiger partial charge in [0.25, 0.3) is 0 Å². The molecule has 21 heavy (non-hydrogen) atoms. The van der Waals surface area contributed by atoms with Crippen molar-refractivity contribution >= 4 is 0 Å². The molecule has 2 aromatic rings. The molecule has 1 N–H and O–H groups in total. The largest absolute Gasteiger partial charge is 0.486 e. The number of hydrogen-bond donors (Lipinski definition) is 1. The minimum absolute atomic E-state index is 0.615. The minimum atomic E-state index is 0.615. The van der Waals surface area contributed by atoms with Crippen LogP contribution in [0.1, 0.15) is 23.7 Å². The molecule has 0 atom stereocenters. The maximum absolute atomic E-state index is 5.72. The monoisotopic (exact) mass is 284 g/mol. The van der Waals surface area contributed by atoms with Crippen molar-refractivity contribution in [2.45, 2.75) is 26.4 Å². The molecule has 1 aliphatic rings. The van der Waals surface area contributed by atoms with Crippen LogP contribution in [-0.4, -0.2) is 18.2 Å². The van der Waals surface area contributed by atoms with Crippen LogP contribution < -0.4 is 14.8 Å². The first-order chi connectivity index (χ1) is 10.4. The van der Waals surface area contributed by atoms with Gasteiger partial charge in [0.05, 0.1) is 5.69 Å². The third-order valence-corrected chi connectivity index (χ3v) is 3.62. The fraction of sp³-hybridized carbons (Fsp3) is 0.353. The van der Waals surface area contributed by atoms with Gasteiger partial charge in [-0.3, -0.25) is 4.98 Å². The molecule has 0 spiro atoms.